The van der Waals surface area contributed by atoms with Gasteiger partial charge in [-0.15, -0.1) is 10.2 Å². The normalized spacial score (nSPS) is 14.8. The van der Waals surface area contributed by atoms with Gasteiger partial charge in [0.25, 0.3) is 0 Å². The van der Waals surface area contributed by atoms with Crippen LogP contribution in [-0.2, 0) is 22.6 Å². The van der Waals surface area contributed by atoms with E-state index >= 15 is 4.39 Å². The van der Waals surface area contributed by atoms with Gasteiger partial charge in [0.15, 0.2) is 5.65 Å². The van der Waals surface area contributed by atoms with Crippen LogP contribution in [0.2, 0.25) is 0 Å². The molecule has 1 aliphatic rings. The van der Waals surface area contributed by atoms with Crippen molar-refractivity contribution in [2.24, 2.45) is 0 Å². The fraction of sp³-hybridized carbons (Fsp3) is 0.346. The maximum Gasteiger partial charge on any atom is 0.183 e. The summed E-state index contributed by atoms with van der Waals surface area (Å²) < 4.78 is 30.3. The molecule has 3 aromatic heterocycles. The standard InChI is InChI=1S/C26H26FN7O2/c1-3-33-15-28-25-20(13-29-31-26(25)33)16-4-6-22(27)19(12-16)18-5-7-23-24(21(18)14-35-2)30-32-34(23)17-8-10-36-11-9-17/h4-7,12-13,15,17H,3,8-11,14H2,1-2H3. The van der Waals surface area contributed by atoms with Crippen LogP contribution >= 0.6 is 0 Å². The topological polar surface area (TPSA) is 92.8 Å². The van der Waals surface area contributed by atoms with Gasteiger partial charge in [-0.1, -0.05) is 17.3 Å². The van der Waals surface area contributed by atoms with E-state index in [0.29, 0.717) is 24.4 Å². The van der Waals surface area contributed by atoms with Crippen molar-refractivity contribution in [2.45, 2.75) is 39.0 Å². The van der Waals surface area contributed by atoms with Crippen molar-refractivity contribution < 1.29 is 13.9 Å². The first kappa shape index (κ1) is 22.7. The van der Waals surface area contributed by atoms with E-state index in [2.05, 4.69) is 25.5 Å². The number of aryl methyl sites for hydroxylation is 1. The highest BCUT2D eigenvalue weighted by molar-refractivity contribution is 5.92. The minimum Gasteiger partial charge on any atom is -0.381 e. The molecule has 0 bridgehead atoms. The molecule has 0 spiro atoms. The Morgan fingerprint density at radius 3 is 2.72 bits per heavy atom. The summed E-state index contributed by atoms with van der Waals surface area (Å²) in [5.74, 6) is -0.329. The minimum absolute atomic E-state index is 0.231. The Balaban J connectivity index is 1.49. The fourth-order valence-corrected chi connectivity index (χ4v) is 5.02. The molecule has 0 unspecified atom stereocenters. The van der Waals surface area contributed by atoms with Crippen LogP contribution in [0.15, 0.2) is 42.9 Å². The Labute approximate surface area is 206 Å². The highest BCUT2D eigenvalue weighted by atomic mass is 19.1. The van der Waals surface area contributed by atoms with Gasteiger partial charge in [-0.3, -0.25) is 0 Å². The van der Waals surface area contributed by atoms with Gasteiger partial charge in [0, 0.05) is 43.6 Å². The van der Waals surface area contributed by atoms with Gasteiger partial charge < -0.3 is 14.0 Å². The van der Waals surface area contributed by atoms with Crippen molar-refractivity contribution in [3.63, 3.8) is 0 Å². The Kier molecular flexibility index (Phi) is 5.90. The lowest BCUT2D eigenvalue weighted by atomic mass is 9.95. The van der Waals surface area contributed by atoms with E-state index in [4.69, 9.17) is 9.47 Å². The zero-order valence-corrected chi connectivity index (χ0v) is 20.2. The average molecular weight is 488 g/mol. The van der Waals surface area contributed by atoms with Crippen molar-refractivity contribution in [2.75, 3.05) is 20.3 Å². The smallest absolute Gasteiger partial charge is 0.183 e. The van der Waals surface area contributed by atoms with Gasteiger partial charge in [0.2, 0.25) is 0 Å². The second-order valence-electron chi connectivity index (χ2n) is 8.93. The van der Waals surface area contributed by atoms with Crippen molar-refractivity contribution >= 4 is 22.2 Å². The summed E-state index contributed by atoms with van der Waals surface area (Å²) in [6.45, 7) is 4.46. The molecule has 0 amide bonds. The molecule has 184 valence electrons. The summed E-state index contributed by atoms with van der Waals surface area (Å²) in [5, 5.41) is 17.4. The minimum atomic E-state index is -0.329. The van der Waals surface area contributed by atoms with E-state index in [1.807, 2.05) is 34.4 Å². The summed E-state index contributed by atoms with van der Waals surface area (Å²) in [4.78, 5) is 4.54. The number of halogens is 1. The number of imidazole rings is 1. The van der Waals surface area contributed by atoms with Crippen LogP contribution in [0.3, 0.4) is 0 Å². The molecule has 0 N–H and O–H groups in total. The van der Waals surface area contributed by atoms with Crippen molar-refractivity contribution in [3.05, 3.63) is 54.2 Å². The van der Waals surface area contributed by atoms with Gasteiger partial charge >= 0.3 is 0 Å². The summed E-state index contributed by atoms with van der Waals surface area (Å²) >= 11 is 0. The quantitative estimate of drug-likeness (QED) is 0.347. The maximum atomic E-state index is 15.3. The van der Waals surface area contributed by atoms with Crippen LogP contribution in [-0.4, -0.2) is 55.1 Å². The van der Waals surface area contributed by atoms with Crippen LogP contribution in [0.5, 0.6) is 0 Å². The van der Waals surface area contributed by atoms with Crippen LogP contribution in [0.4, 0.5) is 4.39 Å². The third kappa shape index (κ3) is 3.73. The molecule has 2 aromatic carbocycles. The number of rotatable bonds is 6. The lowest BCUT2D eigenvalue weighted by molar-refractivity contribution is 0.0669. The molecule has 0 atom stereocenters. The Hall–Kier alpha value is -3.76. The molecule has 1 aliphatic heterocycles. The average Bonchev–Trinajstić information content (AvgIpc) is 3.54. The summed E-state index contributed by atoms with van der Waals surface area (Å²) in [5.41, 5.74) is 6.66. The molecule has 5 aromatic rings. The van der Waals surface area contributed by atoms with Crippen LogP contribution in [0, 0.1) is 5.82 Å². The second kappa shape index (κ2) is 9.36. The van der Waals surface area contributed by atoms with Crippen LogP contribution in [0.1, 0.15) is 31.4 Å². The summed E-state index contributed by atoms with van der Waals surface area (Å²) in [6, 6.07) is 9.20. The molecule has 4 heterocycles. The first-order valence-electron chi connectivity index (χ1n) is 12.1. The van der Waals surface area contributed by atoms with E-state index in [1.54, 1.807) is 25.7 Å². The maximum absolute atomic E-state index is 15.3. The lowest BCUT2D eigenvalue weighted by Crippen LogP contribution is -2.20. The number of hydrogen-bond acceptors (Lipinski definition) is 7. The van der Waals surface area contributed by atoms with E-state index in [-0.39, 0.29) is 18.5 Å². The Morgan fingerprint density at radius 2 is 1.92 bits per heavy atom. The first-order valence-corrected chi connectivity index (χ1v) is 12.1. The monoisotopic (exact) mass is 487 g/mol. The third-order valence-corrected chi connectivity index (χ3v) is 6.89. The fourth-order valence-electron chi connectivity index (χ4n) is 5.02. The zero-order valence-electron chi connectivity index (χ0n) is 20.2. The molecule has 0 saturated carbocycles. The molecule has 9 nitrogen and oxygen atoms in total. The van der Waals surface area contributed by atoms with Crippen LogP contribution < -0.4 is 0 Å². The number of benzene rings is 2. The molecule has 10 heteroatoms. The van der Waals surface area contributed by atoms with Gasteiger partial charge in [0.05, 0.1) is 30.7 Å². The van der Waals surface area contributed by atoms with Crippen molar-refractivity contribution in [1.82, 2.24) is 34.7 Å². The second-order valence-corrected chi connectivity index (χ2v) is 8.93. The molecule has 36 heavy (non-hydrogen) atoms. The first-order chi connectivity index (χ1) is 17.7. The zero-order chi connectivity index (χ0) is 24.6. The van der Waals surface area contributed by atoms with Crippen LogP contribution in [0.25, 0.3) is 44.5 Å². The van der Waals surface area contributed by atoms with E-state index < -0.39 is 0 Å². The summed E-state index contributed by atoms with van der Waals surface area (Å²) in [6.07, 6.45) is 5.20. The number of methoxy groups -OCH3 is 1. The number of aromatic nitrogens is 7. The predicted octanol–water partition coefficient (Wildman–Crippen LogP) is 4.56. The number of hydrogen-bond donors (Lipinski definition) is 0. The molecule has 0 radical (unpaired) electrons. The molecule has 1 saturated heterocycles. The Bertz CT molecular complexity index is 1560. The Morgan fingerprint density at radius 1 is 1.06 bits per heavy atom. The highest BCUT2D eigenvalue weighted by Crippen LogP contribution is 2.36. The highest BCUT2D eigenvalue weighted by Gasteiger charge is 2.23. The molecule has 1 fully saturated rings. The van der Waals surface area contributed by atoms with Crippen molar-refractivity contribution in [3.8, 4) is 22.3 Å². The molecule has 0 aliphatic carbocycles. The molecular weight excluding hydrogens is 461 g/mol. The SMILES string of the molecule is CCn1cnc2c(-c3ccc(F)c(-c4ccc5c(nnn5C5CCOCC5)c4COC)c3)cnnc21. The summed E-state index contributed by atoms with van der Waals surface area (Å²) in [7, 11) is 1.63. The van der Waals surface area contributed by atoms with E-state index in [9.17, 15) is 0 Å². The van der Waals surface area contributed by atoms with Gasteiger partial charge in [-0.05, 0) is 49.1 Å². The van der Waals surface area contributed by atoms with Crippen molar-refractivity contribution in [1.29, 1.82) is 0 Å². The van der Waals surface area contributed by atoms with E-state index in [0.717, 1.165) is 58.2 Å². The molecule has 6 rings (SSSR count). The van der Waals surface area contributed by atoms with Gasteiger partial charge in [-0.25, -0.2) is 14.1 Å². The lowest BCUT2D eigenvalue weighted by Gasteiger charge is -2.22. The van der Waals surface area contributed by atoms with Gasteiger partial charge in [-0.2, -0.15) is 5.10 Å². The number of nitrogens with zero attached hydrogens (tertiary/aromatic N) is 7. The predicted molar refractivity (Wildman–Crippen MR) is 133 cm³/mol. The molecular formula is C26H26FN7O2. The largest absolute Gasteiger partial charge is 0.381 e. The number of fused-ring (bicyclic) bond motifs is 2. The van der Waals surface area contributed by atoms with Gasteiger partial charge in [0.1, 0.15) is 16.9 Å². The third-order valence-electron chi connectivity index (χ3n) is 6.89. The number of ether oxygens (including phenoxy) is 2. The van der Waals surface area contributed by atoms with E-state index in [1.165, 1.54) is 6.07 Å².